The Hall–Kier alpha value is -4.12. The van der Waals surface area contributed by atoms with Crippen molar-refractivity contribution in [3.8, 4) is 6.07 Å². The van der Waals surface area contributed by atoms with Crippen LogP contribution in [0.25, 0.3) is 0 Å². The van der Waals surface area contributed by atoms with Gasteiger partial charge in [0.25, 0.3) is 0 Å². The normalized spacial score (nSPS) is 16.1. The van der Waals surface area contributed by atoms with E-state index in [0.29, 0.717) is 5.56 Å². The third-order valence-electron chi connectivity index (χ3n) is 5.01. The van der Waals surface area contributed by atoms with E-state index in [1.54, 1.807) is 37.3 Å². The number of benzene rings is 2. The molecule has 2 N–H and O–H groups in total. The fraction of sp³-hybridized carbons (Fsp3) is 0.174. The zero-order valence-electron chi connectivity index (χ0n) is 17.2. The summed E-state index contributed by atoms with van der Waals surface area (Å²) in [7, 11) is 2.34. The Balaban J connectivity index is 2.41. The number of esters is 2. The van der Waals surface area contributed by atoms with E-state index in [1.165, 1.54) is 30.2 Å². The monoisotopic (exact) mass is 421 g/mol. The minimum Gasteiger partial charge on any atom is -0.466 e. The van der Waals surface area contributed by atoms with Gasteiger partial charge in [-0.05, 0) is 36.2 Å². The minimum atomic E-state index is -0.953. The molecule has 2 aromatic rings. The predicted octanol–water partition coefficient (Wildman–Crippen LogP) is 3.03. The van der Waals surface area contributed by atoms with Crippen molar-refractivity contribution in [2.45, 2.75) is 12.8 Å². The van der Waals surface area contributed by atoms with Crippen molar-refractivity contribution in [1.82, 2.24) is 0 Å². The van der Waals surface area contributed by atoms with E-state index < -0.39 is 23.7 Å². The number of nitrogens with two attached hydrogens (primary N) is 1. The molecule has 8 heteroatoms. The van der Waals surface area contributed by atoms with E-state index >= 15 is 0 Å². The van der Waals surface area contributed by atoms with Crippen LogP contribution in [0.4, 0.5) is 10.1 Å². The number of carbonyl (C=O) groups excluding carboxylic acids is 2. The molecule has 0 aliphatic carbocycles. The highest BCUT2D eigenvalue weighted by Crippen LogP contribution is 2.43. The molecule has 0 saturated heterocycles. The van der Waals surface area contributed by atoms with E-state index in [-0.39, 0.29) is 33.9 Å². The van der Waals surface area contributed by atoms with Gasteiger partial charge in [-0.3, -0.25) is 4.90 Å². The molecule has 0 bridgehead atoms. The zero-order valence-corrected chi connectivity index (χ0v) is 17.2. The molecule has 31 heavy (non-hydrogen) atoms. The number of aryl methyl sites for hydroxylation is 1. The van der Waals surface area contributed by atoms with Gasteiger partial charge in [0.05, 0.1) is 37.4 Å². The number of halogens is 1. The molecule has 0 amide bonds. The number of methoxy groups -OCH3 is 2. The van der Waals surface area contributed by atoms with Crippen LogP contribution in [0.2, 0.25) is 0 Å². The largest absolute Gasteiger partial charge is 0.466 e. The van der Waals surface area contributed by atoms with Crippen LogP contribution in [0.5, 0.6) is 0 Å². The summed E-state index contributed by atoms with van der Waals surface area (Å²) in [5, 5.41) is 9.95. The van der Waals surface area contributed by atoms with Gasteiger partial charge in [-0.1, -0.05) is 30.3 Å². The van der Waals surface area contributed by atoms with Crippen molar-refractivity contribution in [2.24, 2.45) is 5.73 Å². The highest BCUT2D eigenvalue weighted by atomic mass is 19.1. The second-order valence-electron chi connectivity index (χ2n) is 6.77. The number of rotatable bonds is 4. The number of carbonyl (C=O) groups is 2. The fourth-order valence-electron chi connectivity index (χ4n) is 3.55. The Morgan fingerprint density at radius 1 is 1.10 bits per heavy atom. The first-order chi connectivity index (χ1) is 14.8. The number of hydrogen-bond acceptors (Lipinski definition) is 7. The summed E-state index contributed by atoms with van der Waals surface area (Å²) in [5.74, 6) is -3.16. The molecular weight excluding hydrogens is 401 g/mol. The highest BCUT2D eigenvalue weighted by Gasteiger charge is 2.43. The third kappa shape index (κ3) is 3.73. The van der Waals surface area contributed by atoms with Gasteiger partial charge in [-0.15, -0.1) is 0 Å². The number of allylic oxidation sites excluding steroid dienone is 1. The highest BCUT2D eigenvalue weighted by molar-refractivity contribution is 6.06. The predicted molar refractivity (Wildman–Crippen MR) is 111 cm³/mol. The van der Waals surface area contributed by atoms with E-state index in [9.17, 15) is 19.2 Å². The fourth-order valence-corrected chi connectivity index (χ4v) is 3.55. The lowest BCUT2D eigenvalue weighted by Gasteiger charge is -2.36. The van der Waals surface area contributed by atoms with Gasteiger partial charge < -0.3 is 15.2 Å². The van der Waals surface area contributed by atoms with E-state index in [1.807, 2.05) is 0 Å². The van der Waals surface area contributed by atoms with Gasteiger partial charge in [0.1, 0.15) is 17.3 Å². The van der Waals surface area contributed by atoms with Crippen molar-refractivity contribution in [2.75, 3.05) is 19.1 Å². The van der Waals surface area contributed by atoms with Crippen LogP contribution in [0.15, 0.2) is 71.2 Å². The number of ether oxygens (including phenoxy) is 2. The average Bonchev–Trinajstić information content (AvgIpc) is 2.79. The Bertz CT molecular complexity index is 1150. The maximum atomic E-state index is 13.9. The number of hydrogen-bond donors (Lipinski definition) is 1. The Morgan fingerprint density at radius 2 is 1.74 bits per heavy atom. The smallest absolute Gasteiger partial charge is 0.355 e. The lowest BCUT2D eigenvalue weighted by molar-refractivity contribution is -0.139. The summed E-state index contributed by atoms with van der Waals surface area (Å²) in [5.41, 5.74) is 7.25. The van der Waals surface area contributed by atoms with Crippen LogP contribution in [0.3, 0.4) is 0 Å². The Morgan fingerprint density at radius 3 is 2.29 bits per heavy atom. The molecule has 3 rings (SSSR count). The maximum Gasteiger partial charge on any atom is 0.355 e. The summed E-state index contributed by atoms with van der Waals surface area (Å²) >= 11 is 0. The van der Waals surface area contributed by atoms with Gasteiger partial charge in [0, 0.05) is 5.69 Å². The first-order valence-corrected chi connectivity index (χ1v) is 9.27. The molecule has 158 valence electrons. The number of nitrogens with zero attached hydrogens (tertiary/aromatic N) is 2. The summed E-state index contributed by atoms with van der Waals surface area (Å²) in [4.78, 5) is 27.0. The molecule has 2 aromatic carbocycles. The lowest BCUT2D eigenvalue weighted by Crippen LogP contribution is -2.40. The van der Waals surface area contributed by atoms with Crippen molar-refractivity contribution >= 4 is 17.6 Å². The van der Waals surface area contributed by atoms with Crippen LogP contribution in [0.1, 0.15) is 17.0 Å². The van der Waals surface area contributed by atoms with Gasteiger partial charge in [-0.2, -0.15) is 5.26 Å². The van der Waals surface area contributed by atoms with Crippen LogP contribution in [-0.4, -0.2) is 26.2 Å². The summed E-state index contributed by atoms with van der Waals surface area (Å²) in [6.45, 7) is 1.55. The summed E-state index contributed by atoms with van der Waals surface area (Å²) in [6, 6.07) is 14.8. The van der Waals surface area contributed by atoms with Gasteiger partial charge in [0.2, 0.25) is 0 Å². The standard InChI is InChI=1S/C23H20FN3O4/c1-13-11-15(9-10-17(13)24)27-20(23(29)31-3)19(22(28)30-2)18(16(12-25)21(27)26)14-7-5-4-6-8-14/h4-11,18H,26H2,1-3H3. The molecule has 0 fully saturated rings. The zero-order chi connectivity index (χ0) is 22.7. The molecule has 1 heterocycles. The Labute approximate surface area is 178 Å². The molecular formula is C23H20FN3O4. The molecule has 0 aromatic heterocycles. The van der Waals surface area contributed by atoms with Crippen LogP contribution in [0, 0.1) is 24.1 Å². The molecule has 0 saturated carbocycles. The first-order valence-electron chi connectivity index (χ1n) is 9.27. The molecule has 1 aliphatic rings. The van der Waals surface area contributed by atoms with Crippen molar-refractivity contribution in [3.05, 3.63) is 88.1 Å². The summed E-state index contributed by atoms with van der Waals surface area (Å²) in [6.07, 6.45) is 0. The summed E-state index contributed by atoms with van der Waals surface area (Å²) < 4.78 is 23.8. The van der Waals surface area contributed by atoms with Crippen LogP contribution < -0.4 is 10.6 Å². The van der Waals surface area contributed by atoms with Crippen molar-refractivity contribution in [3.63, 3.8) is 0 Å². The SMILES string of the molecule is COC(=O)C1=C(C(=O)OC)N(c2ccc(F)c(C)c2)C(N)=C(C#N)C1c1ccccc1. The third-order valence-corrected chi connectivity index (χ3v) is 5.01. The number of anilines is 1. The molecule has 1 aliphatic heterocycles. The molecule has 0 spiro atoms. The van der Waals surface area contributed by atoms with Gasteiger partial charge in [-0.25, -0.2) is 14.0 Å². The lowest BCUT2D eigenvalue weighted by atomic mass is 9.81. The molecule has 7 nitrogen and oxygen atoms in total. The van der Waals surface area contributed by atoms with Crippen molar-refractivity contribution < 1.29 is 23.5 Å². The van der Waals surface area contributed by atoms with Crippen LogP contribution >= 0.6 is 0 Å². The van der Waals surface area contributed by atoms with Gasteiger partial charge in [0.15, 0.2) is 0 Å². The van der Waals surface area contributed by atoms with E-state index in [4.69, 9.17) is 15.2 Å². The molecule has 1 unspecified atom stereocenters. The average molecular weight is 421 g/mol. The first kappa shape index (κ1) is 21.6. The molecule has 1 atom stereocenters. The van der Waals surface area contributed by atoms with E-state index in [2.05, 4.69) is 6.07 Å². The van der Waals surface area contributed by atoms with Gasteiger partial charge >= 0.3 is 11.9 Å². The van der Waals surface area contributed by atoms with Crippen molar-refractivity contribution in [1.29, 1.82) is 5.26 Å². The van der Waals surface area contributed by atoms with Crippen LogP contribution in [-0.2, 0) is 19.1 Å². The second kappa shape index (κ2) is 8.71. The second-order valence-corrected chi connectivity index (χ2v) is 6.77. The minimum absolute atomic E-state index is 0.0428. The van der Waals surface area contributed by atoms with E-state index in [0.717, 1.165) is 7.11 Å². The Kier molecular flexibility index (Phi) is 6.07. The topological polar surface area (TPSA) is 106 Å². The number of nitriles is 1. The maximum absolute atomic E-state index is 13.9. The molecule has 0 radical (unpaired) electrons. The quantitative estimate of drug-likeness (QED) is 0.757.